The molecule has 0 aliphatic carbocycles. The van der Waals surface area contributed by atoms with E-state index in [9.17, 15) is 17.6 Å². The van der Waals surface area contributed by atoms with Crippen molar-refractivity contribution in [2.75, 3.05) is 6.26 Å². The average molecular weight is 436 g/mol. The van der Waals surface area contributed by atoms with Crippen LogP contribution in [0.5, 0.6) is 0 Å². The summed E-state index contributed by atoms with van der Waals surface area (Å²) in [5, 5.41) is 0. The quantitative estimate of drug-likeness (QED) is 0.452. The number of ether oxygens (including phenoxy) is 1. The van der Waals surface area contributed by atoms with Gasteiger partial charge in [-0.2, -0.15) is 0 Å². The highest BCUT2D eigenvalue weighted by Gasteiger charge is 2.35. The molecule has 0 fully saturated rings. The van der Waals surface area contributed by atoms with Crippen LogP contribution in [-0.4, -0.2) is 30.0 Å². The Balaban J connectivity index is 1.68. The molecule has 1 aliphatic rings. The molecule has 6 nitrogen and oxygen atoms in total. The summed E-state index contributed by atoms with van der Waals surface area (Å²) in [4.78, 5) is 16.9. The van der Waals surface area contributed by atoms with Crippen LogP contribution in [0, 0.1) is 12.7 Å². The maximum absolute atomic E-state index is 14.9. The van der Waals surface area contributed by atoms with Gasteiger partial charge in [0.2, 0.25) is 0 Å². The van der Waals surface area contributed by atoms with Crippen molar-refractivity contribution in [2.24, 2.45) is 0 Å². The van der Waals surface area contributed by atoms with Gasteiger partial charge in [0.1, 0.15) is 11.5 Å². The first kappa shape index (κ1) is 19.4. The van der Waals surface area contributed by atoms with Crippen LogP contribution in [0.4, 0.5) is 4.39 Å². The van der Waals surface area contributed by atoms with Gasteiger partial charge in [-0.15, -0.1) is 0 Å². The summed E-state index contributed by atoms with van der Waals surface area (Å²) >= 11 is 0. The second-order valence-corrected chi connectivity index (χ2v) is 9.53. The van der Waals surface area contributed by atoms with Gasteiger partial charge in [-0.3, -0.25) is 4.40 Å². The lowest BCUT2D eigenvalue weighted by molar-refractivity contribution is 0.0447. The van der Waals surface area contributed by atoms with Crippen LogP contribution in [0.1, 0.15) is 33.4 Å². The number of carbonyl (C=O) groups excluding carboxylic acids is 1. The molecule has 3 heterocycles. The van der Waals surface area contributed by atoms with Crippen molar-refractivity contribution >= 4 is 21.5 Å². The molecule has 1 aliphatic heterocycles. The van der Waals surface area contributed by atoms with Crippen molar-refractivity contribution < 1.29 is 22.3 Å². The van der Waals surface area contributed by atoms with E-state index < -0.39 is 27.7 Å². The van der Waals surface area contributed by atoms with Crippen molar-refractivity contribution in [3.8, 4) is 11.1 Å². The molecule has 4 aromatic rings. The number of sulfone groups is 1. The molecule has 8 heteroatoms. The molecular formula is C23H17FN2O4S. The van der Waals surface area contributed by atoms with E-state index in [4.69, 9.17) is 4.74 Å². The number of aryl methyl sites for hydroxylation is 1. The minimum atomic E-state index is -3.35. The number of carbonyl (C=O) groups is 1. The number of esters is 1. The fourth-order valence-corrected chi connectivity index (χ4v) is 4.59. The summed E-state index contributed by atoms with van der Waals surface area (Å²) in [5.41, 5.74) is 3.70. The number of halogens is 1. The van der Waals surface area contributed by atoms with E-state index in [0.717, 1.165) is 11.8 Å². The molecular weight excluding hydrogens is 419 g/mol. The molecule has 2 aromatic carbocycles. The fraction of sp³-hybridized carbons (Fsp3) is 0.130. The third-order valence-corrected chi connectivity index (χ3v) is 6.59. The number of hydrogen-bond donors (Lipinski definition) is 0. The van der Waals surface area contributed by atoms with Crippen molar-refractivity contribution in [2.45, 2.75) is 17.9 Å². The smallest absolute Gasteiger partial charge is 0.339 e. The number of nitrogens with zero attached hydrogens (tertiary/aromatic N) is 2. The first-order valence-electron chi connectivity index (χ1n) is 9.52. The van der Waals surface area contributed by atoms with Crippen molar-refractivity contribution in [1.29, 1.82) is 0 Å². The summed E-state index contributed by atoms with van der Waals surface area (Å²) in [5.74, 6) is -0.895. The van der Waals surface area contributed by atoms with Crippen molar-refractivity contribution in [1.82, 2.24) is 9.38 Å². The molecule has 0 saturated heterocycles. The Labute approximate surface area is 177 Å². The molecule has 2 aromatic heterocycles. The third-order valence-electron chi connectivity index (χ3n) is 5.46. The lowest BCUT2D eigenvalue weighted by atomic mass is 10.0. The zero-order chi connectivity index (χ0) is 21.9. The first-order valence-corrected chi connectivity index (χ1v) is 11.4. The number of fused-ring (bicyclic) bond motifs is 2. The van der Waals surface area contributed by atoms with Crippen LogP contribution >= 0.6 is 0 Å². The van der Waals surface area contributed by atoms with Crippen LogP contribution in [0.2, 0.25) is 0 Å². The summed E-state index contributed by atoms with van der Waals surface area (Å²) in [6.07, 6.45) is 2.07. The summed E-state index contributed by atoms with van der Waals surface area (Å²) in [7, 11) is -3.35. The average Bonchev–Trinajstić information content (AvgIpc) is 3.22. The molecule has 0 saturated carbocycles. The van der Waals surface area contributed by atoms with E-state index in [1.54, 1.807) is 41.8 Å². The Hall–Kier alpha value is -3.52. The van der Waals surface area contributed by atoms with Gasteiger partial charge in [-0.05, 0) is 30.7 Å². The maximum atomic E-state index is 14.9. The fourth-order valence-electron chi connectivity index (χ4n) is 3.96. The molecule has 1 unspecified atom stereocenters. The Kier molecular flexibility index (Phi) is 4.23. The second kappa shape index (κ2) is 6.75. The lowest BCUT2D eigenvalue weighted by Gasteiger charge is -2.13. The standard InChI is InChI=1S/C23H17FN2O4S/c1-13-21(22-16-5-3-4-6-17(16)23(27)30-22)26-12-18(19(24)11-20(26)25-13)14-7-9-15(10-8-14)31(2,28)29/h3-12,22H,1-2H3. The lowest BCUT2D eigenvalue weighted by Crippen LogP contribution is -2.06. The van der Waals surface area contributed by atoms with Gasteiger partial charge in [-0.1, -0.05) is 30.3 Å². The van der Waals surface area contributed by atoms with E-state index in [2.05, 4.69) is 4.98 Å². The Morgan fingerprint density at radius 1 is 1.06 bits per heavy atom. The summed E-state index contributed by atoms with van der Waals surface area (Å²) in [6, 6.07) is 14.5. The maximum Gasteiger partial charge on any atom is 0.339 e. The van der Waals surface area contributed by atoms with Gasteiger partial charge in [0.05, 0.1) is 21.8 Å². The van der Waals surface area contributed by atoms with Crippen molar-refractivity contribution in [3.63, 3.8) is 0 Å². The van der Waals surface area contributed by atoms with E-state index in [1.807, 2.05) is 12.1 Å². The van der Waals surface area contributed by atoms with Gasteiger partial charge >= 0.3 is 5.97 Å². The van der Waals surface area contributed by atoms with Crippen molar-refractivity contribution in [3.05, 3.63) is 89.1 Å². The zero-order valence-electron chi connectivity index (χ0n) is 16.7. The second-order valence-electron chi connectivity index (χ2n) is 7.51. The molecule has 156 valence electrons. The molecule has 31 heavy (non-hydrogen) atoms. The number of hydrogen-bond acceptors (Lipinski definition) is 5. The SMILES string of the molecule is Cc1nc2cc(F)c(-c3ccc(S(C)(=O)=O)cc3)cn2c1C1OC(=O)c2ccccc21. The van der Waals surface area contributed by atoms with E-state index in [-0.39, 0.29) is 10.5 Å². The number of aromatic nitrogens is 2. The van der Waals surface area contributed by atoms with E-state index in [1.165, 1.54) is 18.2 Å². The summed E-state index contributed by atoms with van der Waals surface area (Å²) < 4.78 is 45.7. The molecule has 0 N–H and O–H groups in total. The van der Waals surface area contributed by atoms with Gasteiger partial charge in [0.15, 0.2) is 15.9 Å². The highest BCUT2D eigenvalue weighted by molar-refractivity contribution is 7.90. The predicted octanol–water partition coefficient (Wildman–Crippen LogP) is 4.11. The first-order chi connectivity index (χ1) is 14.7. The van der Waals surface area contributed by atoms with Gasteiger partial charge in [-0.25, -0.2) is 22.6 Å². The number of imidazole rings is 1. The Morgan fingerprint density at radius 2 is 1.77 bits per heavy atom. The van der Waals surface area contributed by atoms with Crippen LogP contribution in [0.15, 0.2) is 65.7 Å². The number of rotatable bonds is 3. The highest BCUT2D eigenvalue weighted by atomic mass is 32.2. The number of benzene rings is 2. The monoisotopic (exact) mass is 436 g/mol. The Morgan fingerprint density at radius 3 is 2.48 bits per heavy atom. The molecule has 0 amide bonds. The van der Waals surface area contributed by atoms with Gasteiger partial charge in [0.25, 0.3) is 0 Å². The van der Waals surface area contributed by atoms with Gasteiger partial charge < -0.3 is 4.74 Å². The minimum Gasteiger partial charge on any atom is -0.447 e. The van der Waals surface area contributed by atoms with Crippen LogP contribution in [0.3, 0.4) is 0 Å². The van der Waals surface area contributed by atoms with Crippen LogP contribution in [-0.2, 0) is 14.6 Å². The van der Waals surface area contributed by atoms with Crippen LogP contribution < -0.4 is 0 Å². The summed E-state index contributed by atoms with van der Waals surface area (Å²) in [6.45, 7) is 1.79. The van der Waals surface area contributed by atoms with Crippen LogP contribution in [0.25, 0.3) is 16.8 Å². The number of cyclic esters (lactones) is 1. The van der Waals surface area contributed by atoms with E-state index >= 15 is 0 Å². The minimum absolute atomic E-state index is 0.159. The molecule has 0 radical (unpaired) electrons. The van der Waals surface area contributed by atoms with Gasteiger partial charge in [0, 0.05) is 29.6 Å². The topological polar surface area (TPSA) is 77.7 Å². The normalized spacial score (nSPS) is 15.8. The highest BCUT2D eigenvalue weighted by Crippen LogP contribution is 2.38. The third kappa shape index (κ3) is 3.11. The molecule has 1 atom stereocenters. The molecule has 0 bridgehead atoms. The number of pyridine rings is 1. The Bertz CT molecular complexity index is 1470. The molecule has 0 spiro atoms. The molecule has 5 rings (SSSR count). The predicted molar refractivity (Wildman–Crippen MR) is 112 cm³/mol. The zero-order valence-corrected chi connectivity index (χ0v) is 17.5. The largest absolute Gasteiger partial charge is 0.447 e. The van der Waals surface area contributed by atoms with E-state index in [0.29, 0.717) is 28.2 Å².